The second-order valence-electron chi connectivity index (χ2n) is 5.46. The van der Waals surface area contributed by atoms with Crippen molar-refractivity contribution in [3.63, 3.8) is 0 Å². The van der Waals surface area contributed by atoms with Gasteiger partial charge >= 0.3 is 18.3 Å². The molecule has 19 heavy (non-hydrogen) atoms. The van der Waals surface area contributed by atoms with Crippen LogP contribution in [0.25, 0.3) is 0 Å². The minimum absolute atomic E-state index is 0.0738. The molecule has 112 valence electrons. The number of carbonyl (C=O) groups is 2. The number of aliphatic carboxylic acids is 1. The third-order valence-corrected chi connectivity index (χ3v) is 2.19. The molecule has 0 fully saturated rings. The molecule has 2 N–H and O–H groups in total. The second kappa shape index (κ2) is 6.21. The van der Waals surface area contributed by atoms with Gasteiger partial charge in [-0.1, -0.05) is 20.8 Å². The number of carboxylic acids is 1. The van der Waals surface area contributed by atoms with Crippen molar-refractivity contribution in [3.8, 4) is 0 Å². The second-order valence-corrected chi connectivity index (χ2v) is 5.46. The van der Waals surface area contributed by atoms with E-state index in [4.69, 9.17) is 5.11 Å². The zero-order valence-corrected chi connectivity index (χ0v) is 10.8. The van der Waals surface area contributed by atoms with E-state index in [2.05, 4.69) is 0 Å². The standard InChI is InChI=1S/C11H17F4NO3/c1-10(2,3)5-6(4-7(17)18)16-9(19)11(14,15)8(12)13/h6,8H,4-5H2,1-3H3,(H,16,19)(H,17,18). The minimum atomic E-state index is -4.82. The Morgan fingerprint density at radius 3 is 2.00 bits per heavy atom. The van der Waals surface area contributed by atoms with Crippen LogP contribution in [0.5, 0.6) is 0 Å². The molecule has 0 bridgehead atoms. The summed E-state index contributed by atoms with van der Waals surface area (Å²) in [4.78, 5) is 21.6. The number of hydrogen-bond donors (Lipinski definition) is 2. The third kappa shape index (κ3) is 6.40. The Morgan fingerprint density at radius 1 is 1.21 bits per heavy atom. The van der Waals surface area contributed by atoms with Crippen LogP contribution < -0.4 is 5.32 Å². The summed E-state index contributed by atoms with van der Waals surface area (Å²) < 4.78 is 49.5. The van der Waals surface area contributed by atoms with Gasteiger partial charge in [-0.2, -0.15) is 8.78 Å². The summed E-state index contributed by atoms with van der Waals surface area (Å²) in [6.07, 6.45) is -4.67. The van der Waals surface area contributed by atoms with Gasteiger partial charge in [0.1, 0.15) is 0 Å². The van der Waals surface area contributed by atoms with E-state index in [0.29, 0.717) is 0 Å². The molecule has 0 heterocycles. The lowest BCUT2D eigenvalue weighted by Gasteiger charge is -2.27. The monoisotopic (exact) mass is 287 g/mol. The molecular formula is C11H17F4NO3. The predicted molar refractivity (Wildman–Crippen MR) is 59.2 cm³/mol. The lowest BCUT2D eigenvalue weighted by Crippen LogP contribution is -2.50. The first-order chi connectivity index (χ1) is 8.36. The lowest BCUT2D eigenvalue weighted by atomic mass is 9.87. The fourth-order valence-corrected chi connectivity index (χ4v) is 1.50. The quantitative estimate of drug-likeness (QED) is 0.737. The van der Waals surface area contributed by atoms with Crippen molar-refractivity contribution in [2.75, 3.05) is 0 Å². The highest BCUT2D eigenvalue weighted by Crippen LogP contribution is 2.26. The topological polar surface area (TPSA) is 66.4 Å². The van der Waals surface area contributed by atoms with Gasteiger partial charge in [0, 0.05) is 6.04 Å². The summed E-state index contributed by atoms with van der Waals surface area (Å²) in [5.74, 6) is -8.29. The van der Waals surface area contributed by atoms with E-state index in [1.54, 1.807) is 26.1 Å². The molecule has 0 aliphatic rings. The fourth-order valence-electron chi connectivity index (χ4n) is 1.50. The van der Waals surface area contributed by atoms with E-state index in [9.17, 15) is 27.2 Å². The summed E-state index contributed by atoms with van der Waals surface area (Å²) >= 11 is 0. The normalized spacial score (nSPS) is 14.3. The minimum Gasteiger partial charge on any atom is -0.481 e. The maximum absolute atomic E-state index is 12.8. The number of carbonyl (C=O) groups excluding carboxylic acids is 1. The van der Waals surface area contributed by atoms with Gasteiger partial charge in [-0.3, -0.25) is 9.59 Å². The molecule has 0 aliphatic carbocycles. The van der Waals surface area contributed by atoms with Crippen molar-refractivity contribution >= 4 is 11.9 Å². The first kappa shape index (κ1) is 17.7. The Kier molecular flexibility index (Phi) is 5.77. The van der Waals surface area contributed by atoms with Crippen LogP contribution in [0, 0.1) is 5.41 Å². The summed E-state index contributed by atoms with van der Waals surface area (Å²) in [6.45, 7) is 5.12. The lowest BCUT2D eigenvalue weighted by molar-refractivity contribution is -0.170. The highest BCUT2D eigenvalue weighted by Gasteiger charge is 2.49. The summed E-state index contributed by atoms with van der Waals surface area (Å²) in [5, 5.41) is 10.3. The molecule has 0 rings (SSSR count). The van der Waals surface area contributed by atoms with Crippen molar-refractivity contribution in [1.82, 2.24) is 5.32 Å². The van der Waals surface area contributed by atoms with Gasteiger partial charge in [-0.25, -0.2) is 8.78 Å². The van der Waals surface area contributed by atoms with Crippen LogP contribution in [0.2, 0.25) is 0 Å². The molecule has 0 aliphatic heterocycles. The van der Waals surface area contributed by atoms with E-state index in [1.165, 1.54) is 0 Å². The molecular weight excluding hydrogens is 270 g/mol. The predicted octanol–water partition coefficient (Wildman–Crippen LogP) is 2.28. The molecule has 8 heteroatoms. The molecule has 0 radical (unpaired) electrons. The van der Waals surface area contributed by atoms with Crippen LogP contribution in [0.3, 0.4) is 0 Å². The highest BCUT2D eigenvalue weighted by atomic mass is 19.3. The van der Waals surface area contributed by atoms with Gasteiger partial charge in [0.05, 0.1) is 6.42 Å². The van der Waals surface area contributed by atoms with E-state index >= 15 is 0 Å². The number of nitrogens with one attached hydrogen (secondary N) is 1. The average molecular weight is 287 g/mol. The summed E-state index contributed by atoms with van der Waals surface area (Å²) in [5.41, 5.74) is -0.451. The van der Waals surface area contributed by atoms with Crippen LogP contribution >= 0.6 is 0 Å². The molecule has 0 saturated heterocycles. The first-order valence-corrected chi connectivity index (χ1v) is 5.55. The Balaban J connectivity index is 4.82. The average Bonchev–Trinajstić information content (AvgIpc) is 2.12. The SMILES string of the molecule is CC(C)(C)CC(CC(=O)O)NC(=O)C(F)(F)C(F)F. The zero-order chi connectivity index (χ0) is 15.4. The Bertz CT molecular complexity index is 339. The van der Waals surface area contributed by atoms with Crippen LogP contribution in [0.4, 0.5) is 17.6 Å². The van der Waals surface area contributed by atoms with Gasteiger partial charge < -0.3 is 10.4 Å². The molecule has 0 saturated carbocycles. The first-order valence-electron chi connectivity index (χ1n) is 5.55. The molecule has 4 nitrogen and oxygen atoms in total. The van der Waals surface area contributed by atoms with Crippen LogP contribution in [-0.2, 0) is 9.59 Å². The number of halogens is 4. The van der Waals surface area contributed by atoms with Gasteiger partial charge in [-0.15, -0.1) is 0 Å². The van der Waals surface area contributed by atoms with E-state index in [1.807, 2.05) is 0 Å². The molecule has 1 atom stereocenters. The van der Waals surface area contributed by atoms with Crippen molar-refractivity contribution in [2.24, 2.45) is 5.41 Å². The molecule has 0 aromatic carbocycles. The summed E-state index contributed by atoms with van der Waals surface area (Å²) in [6, 6.07) is -1.13. The maximum atomic E-state index is 12.8. The van der Waals surface area contributed by atoms with Gasteiger partial charge in [0.25, 0.3) is 5.91 Å². The molecule has 0 aromatic rings. The van der Waals surface area contributed by atoms with Crippen LogP contribution in [0.1, 0.15) is 33.6 Å². The van der Waals surface area contributed by atoms with E-state index in [-0.39, 0.29) is 6.42 Å². The highest BCUT2D eigenvalue weighted by molar-refractivity contribution is 5.84. The van der Waals surface area contributed by atoms with Crippen molar-refractivity contribution < 1.29 is 32.3 Å². The Morgan fingerprint density at radius 2 is 1.68 bits per heavy atom. The van der Waals surface area contributed by atoms with Crippen LogP contribution in [0.15, 0.2) is 0 Å². The number of rotatable bonds is 6. The fraction of sp³-hybridized carbons (Fsp3) is 0.818. The number of hydrogen-bond acceptors (Lipinski definition) is 2. The van der Waals surface area contributed by atoms with Crippen molar-refractivity contribution in [1.29, 1.82) is 0 Å². The van der Waals surface area contributed by atoms with E-state index in [0.717, 1.165) is 0 Å². The van der Waals surface area contributed by atoms with Crippen LogP contribution in [-0.4, -0.2) is 35.4 Å². The largest absolute Gasteiger partial charge is 0.481 e. The van der Waals surface area contributed by atoms with Crippen molar-refractivity contribution in [3.05, 3.63) is 0 Å². The Hall–Kier alpha value is -1.34. The third-order valence-electron chi connectivity index (χ3n) is 2.19. The molecule has 0 aromatic heterocycles. The molecule has 1 amide bonds. The van der Waals surface area contributed by atoms with Gasteiger partial charge in [0.2, 0.25) is 0 Å². The zero-order valence-electron chi connectivity index (χ0n) is 10.8. The van der Waals surface area contributed by atoms with Gasteiger partial charge in [0.15, 0.2) is 0 Å². The van der Waals surface area contributed by atoms with Crippen molar-refractivity contribution in [2.45, 2.75) is 52.0 Å². The number of alkyl halides is 4. The smallest absolute Gasteiger partial charge is 0.383 e. The number of amides is 1. The summed E-state index contributed by atoms with van der Waals surface area (Å²) in [7, 11) is 0. The number of carboxylic acid groups (broad SMARTS) is 1. The molecule has 0 spiro atoms. The maximum Gasteiger partial charge on any atom is 0.383 e. The van der Waals surface area contributed by atoms with Gasteiger partial charge in [-0.05, 0) is 11.8 Å². The molecule has 1 unspecified atom stereocenters. The Labute approximate surface area is 108 Å². The van der Waals surface area contributed by atoms with E-state index < -0.39 is 42.1 Å².